The topological polar surface area (TPSA) is 72.2 Å². The van der Waals surface area contributed by atoms with Crippen LogP contribution in [0.4, 0.5) is 14.5 Å². The molecule has 2 aromatic carbocycles. The Labute approximate surface area is 125 Å². The quantitative estimate of drug-likeness (QED) is 0.845. The van der Waals surface area contributed by atoms with Crippen molar-refractivity contribution in [1.82, 2.24) is 4.72 Å². The minimum atomic E-state index is -3.99. The molecule has 4 nitrogen and oxygen atoms in total. The van der Waals surface area contributed by atoms with Gasteiger partial charge in [0.2, 0.25) is 10.0 Å². The van der Waals surface area contributed by atoms with E-state index < -0.39 is 27.3 Å². The van der Waals surface area contributed by atoms with Crippen LogP contribution in [0.2, 0.25) is 5.02 Å². The molecule has 0 aromatic heterocycles. The molecule has 0 fully saturated rings. The average molecular weight is 333 g/mol. The molecule has 0 saturated carbocycles. The van der Waals surface area contributed by atoms with Crippen LogP contribution in [-0.4, -0.2) is 8.42 Å². The minimum absolute atomic E-state index is 0.114. The van der Waals surface area contributed by atoms with Gasteiger partial charge in [-0.3, -0.25) is 0 Å². The highest BCUT2D eigenvalue weighted by Crippen LogP contribution is 2.21. The molecule has 21 heavy (non-hydrogen) atoms. The van der Waals surface area contributed by atoms with Gasteiger partial charge in [0.1, 0.15) is 16.5 Å². The van der Waals surface area contributed by atoms with E-state index in [1.54, 1.807) is 0 Å². The summed E-state index contributed by atoms with van der Waals surface area (Å²) in [5.74, 6) is -1.42. The molecule has 8 heteroatoms. The Hall–Kier alpha value is -1.70. The van der Waals surface area contributed by atoms with Gasteiger partial charge in [0.15, 0.2) is 0 Å². The summed E-state index contributed by atoms with van der Waals surface area (Å²) in [7, 11) is -3.99. The second kappa shape index (κ2) is 5.97. The van der Waals surface area contributed by atoms with E-state index in [1.165, 1.54) is 24.3 Å². The van der Waals surface area contributed by atoms with Gasteiger partial charge >= 0.3 is 0 Å². The number of halogens is 3. The molecule has 0 aliphatic carbocycles. The van der Waals surface area contributed by atoms with Gasteiger partial charge < -0.3 is 5.73 Å². The van der Waals surface area contributed by atoms with Crippen LogP contribution < -0.4 is 10.5 Å². The first kappa shape index (κ1) is 15.7. The van der Waals surface area contributed by atoms with E-state index in [1.807, 2.05) is 0 Å². The van der Waals surface area contributed by atoms with Crippen molar-refractivity contribution in [1.29, 1.82) is 0 Å². The summed E-state index contributed by atoms with van der Waals surface area (Å²) in [5.41, 5.74) is 5.42. The molecule has 0 radical (unpaired) electrons. The minimum Gasteiger partial charge on any atom is -0.395 e. The molecule has 0 atom stereocenters. The van der Waals surface area contributed by atoms with E-state index in [0.29, 0.717) is 5.56 Å². The number of rotatable bonds is 4. The maximum atomic E-state index is 13.3. The monoisotopic (exact) mass is 332 g/mol. The molecule has 0 saturated heterocycles. The fraction of sp³-hybridized carbons (Fsp3) is 0.0769. The third-order valence-electron chi connectivity index (χ3n) is 2.75. The van der Waals surface area contributed by atoms with Gasteiger partial charge in [0.05, 0.1) is 10.7 Å². The van der Waals surface area contributed by atoms with E-state index in [0.717, 1.165) is 12.1 Å². The first-order chi connectivity index (χ1) is 9.81. The lowest BCUT2D eigenvalue weighted by Gasteiger charge is -2.10. The van der Waals surface area contributed by atoms with Crippen LogP contribution in [0.1, 0.15) is 5.56 Å². The number of hydrogen-bond donors (Lipinski definition) is 2. The predicted molar refractivity (Wildman–Crippen MR) is 76.2 cm³/mol. The van der Waals surface area contributed by atoms with Crippen molar-refractivity contribution in [2.24, 2.45) is 0 Å². The maximum absolute atomic E-state index is 13.3. The smallest absolute Gasteiger partial charge is 0.243 e. The Balaban J connectivity index is 2.22. The van der Waals surface area contributed by atoms with Crippen LogP contribution in [-0.2, 0) is 16.6 Å². The number of anilines is 1. The Morgan fingerprint density at radius 3 is 2.52 bits per heavy atom. The number of para-hydroxylation sites is 1. The molecular weight excluding hydrogens is 322 g/mol. The summed E-state index contributed by atoms with van der Waals surface area (Å²) >= 11 is 5.61. The molecule has 3 N–H and O–H groups in total. The summed E-state index contributed by atoms with van der Waals surface area (Å²) in [6, 6.07) is 7.32. The normalized spacial score (nSPS) is 11.6. The van der Waals surface area contributed by atoms with E-state index in [-0.39, 0.29) is 16.5 Å². The third kappa shape index (κ3) is 3.49. The number of nitrogens with one attached hydrogen (secondary N) is 1. The molecule has 0 aliphatic heterocycles. The van der Waals surface area contributed by atoms with Crippen LogP contribution >= 0.6 is 11.6 Å². The highest BCUT2D eigenvalue weighted by Gasteiger charge is 2.19. The molecule has 2 rings (SSSR count). The second-order valence-corrected chi connectivity index (χ2v) is 6.37. The zero-order chi connectivity index (χ0) is 15.6. The lowest BCUT2D eigenvalue weighted by atomic mass is 10.2. The Morgan fingerprint density at radius 2 is 1.86 bits per heavy atom. The van der Waals surface area contributed by atoms with Crippen molar-refractivity contribution in [2.75, 3.05) is 5.73 Å². The Kier molecular flexibility index (Phi) is 4.46. The molecule has 0 spiro atoms. The number of hydrogen-bond acceptors (Lipinski definition) is 3. The second-order valence-electron chi connectivity index (χ2n) is 4.22. The van der Waals surface area contributed by atoms with Crippen LogP contribution in [0.25, 0.3) is 0 Å². The first-order valence-corrected chi connectivity index (χ1v) is 7.65. The summed E-state index contributed by atoms with van der Waals surface area (Å²) < 4.78 is 52.7. The van der Waals surface area contributed by atoms with E-state index in [9.17, 15) is 17.2 Å². The maximum Gasteiger partial charge on any atom is 0.243 e. The molecule has 0 heterocycles. The van der Waals surface area contributed by atoms with Gasteiger partial charge in [-0.1, -0.05) is 23.7 Å². The van der Waals surface area contributed by atoms with Crippen molar-refractivity contribution < 1.29 is 17.2 Å². The lowest BCUT2D eigenvalue weighted by molar-refractivity contribution is 0.578. The van der Waals surface area contributed by atoms with Gasteiger partial charge in [-0.2, -0.15) is 0 Å². The fourth-order valence-electron chi connectivity index (χ4n) is 1.66. The molecule has 0 bridgehead atoms. The summed E-state index contributed by atoms with van der Waals surface area (Å²) in [6.45, 7) is -0.127. The Morgan fingerprint density at radius 1 is 1.14 bits per heavy atom. The first-order valence-electron chi connectivity index (χ1n) is 5.79. The van der Waals surface area contributed by atoms with Crippen LogP contribution in [0.3, 0.4) is 0 Å². The van der Waals surface area contributed by atoms with Gasteiger partial charge in [0, 0.05) is 6.54 Å². The number of benzene rings is 2. The van der Waals surface area contributed by atoms with Crippen molar-refractivity contribution in [3.63, 3.8) is 0 Å². The van der Waals surface area contributed by atoms with Crippen LogP contribution in [0.5, 0.6) is 0 Å². The molecule has 112 valence electrons. The van der Waals surface area contributed by atoms with Crippen molar-refractivity contribution >= 4 is 27.3 Å². The lowest BCUT2D eigenvalue weighted by Crippen LogP contribution is -2.24. The molecule has 0 unspecified atom stereocenters. The summed E-state index contributed by atoms with van der Waals surface area (Å²) in [5, 5.41) is -0.114. The molecule has 0 aliphatic rings. The van der Waals surface area contributed by atoms with Gasteiger partial charge in [-0.25, -0.2) is 21.9 Å². The number of nitrogen functional groups attached to an aromatic ring is 1. The van der Waals surface area contributed by atoms with Crippen molar-refractivity contribution in [3.8, 4) is 0 Å². The molecule has 2 aromatic rings. The largest absolute Gasteiger partial charge is 0.395 e. The zero-order valence-electron chi connectivity index (χ0n) is 10.6. The highest BCUT2D eigenvalue weighted by atomic mass is 35.5. The third-order valence-corrected chi connectivity index (χ3v) is 4.50. The summed E-state index contributed by atoms with van der Waals surface area (Å²) in [6.07, 6.45) is 0. The summed E-state index contributed by atoms with van der Waals surface area (Å²) in [4.78, 5) is -0.351. The van der Waals surface area contributed by atoms with Gasteiger partial charge in [0.25, 0.3) is 0 Å². The molecule has 0 amide bonds. The SMILES string of the molecule is Nc1c(F)cccc1S(=O)(=O)NCc1ccc(F)c(Cl)c1. The zero-order valence-corrected chi connectivity index (χ0v) is 12.2. The Bertz CT molecular complexity index is 782. The van der Waals surface area contributed by atoms with Gasteiger partial charge in [-0.15, -0.1) is 0 Å². The van der Waals surface area contributed by atoms with Crippen molar-refractivity contribution in [2.45, 2.75) is 11.4 Å². The van der Waals surface area contributed by atoms with E-state index >= 15 is 0 Å². The van der Waals surface area contributed by atoms with E-state index in [4.69, 9.17) is 17.3 Å². The number of sulfonamides is 1. The van der Waals surface area contributed by atoms with Gasteiger partial charge in [-0.05, 0) is 29.8 Å². The van der Waals surface area contributed by atoms with E-state index in [2.05, 4.69) is 4.72 Å². The molecular formula is C13H11ClF2N2O2S. The van der Waals surface area contributed by atoms with Crippen molar-refractivity contribution in [3.05, 3.63) is 58.6 Å². The standard InChI is InChI=1S/C13H11ClF2N2O2S/c14-9-6-8(4-5-10(9)15)7-18-21(19,20)12-3-1-2-11(16)13(12)17/h1-6,18H,7,17H2. The predicted octanol–water partition coefficient (Wildman–Crippen LogP) is 2.68. The number of nitrogens with two attached hydrogens (primary N) is 1. The van der Waals surface area contributed by atoms with Crippen LogP contribution in [0, 0.1) is 11.6 Å². The fourth-order valence-corrected chi connectivity index (χ4v) is 3.02. The average Bonchev–Trinajstić information content (AvgIpc) is 2.43. The van der Waals surface area contributed by atoms with Crippen LogP contribution in [0.15, 0.2) is 41.3 Å². The highest BCUT2D eigenvalue weighted by molar-refractivity contribution is 7.89.